The van der Waals surface area contributed by atoms with Gasteiger partial charge in [0, 0.05) is 12.2 Å². The van der Waals surface area contributed by atoms with E-state index in [1.807, 2.05) is 67.6 Å². The summed E-state index contributed by atoms with van der Waals surface area (Å²) in [6.07, 6.45) is 0. The number of hydrogen-bond donors (Lipinski definition) is 0. The lowest BCUT2D eigenvalue weighted by Crippen LogP contribution is -2.37. The SMILES string of the molecule is CCN(C(=O)C(C)Sc1nc2cc(C(=O)OC)ccc2c(=O)n1-c1ccccc1)c1ccccc1. The van der Waals surface area contributed by atoms with Crippen LogP contribution in [0.1, 0.15) is 24.2 Å². The molecule has 0 aliphatic heterocycles. The van der Waals surface area contributed by atoms with E-state index in [-0.39, 0.29) is 11.5 Å². The van der Waals surface area contributed by atoms with Crippen molar-refractivity contribution in [3.63, 3.8) is 0 Å². The number of nitrogens with zero attached hydrogens (tertiary/aromatic N) is 3. The summed E-state index contributed by atoms with van der Waals surface area (Å²) in [5.74, 6) is -0.610. The van der Waals surface area contributed by atoms with E-state index in [4.69, 9.17) is 9.72 Å². The Hall–Kier alpha value is -3.91. The molecule has 178 valence electrons. The molecule has 1 heterocycles. The Morgan fingerprint density at radius 3 is 2.31 bits per heavy atom. The van der Waals surface area contributed by atoms with Crippen LogP contribution in [0.2, 0.25) is 0 Å². The molecule has 0 bridgehead atoms. The number of aromatic nitrogens is 2. The summed E-state index contributed by atoms with van der Waals surface area (Å²) in [6.45, 7) is 4.23. The second kappa shape index (κ2) is 10.6. The fourth-order valence-electron chi connectivity index (χ4n) is 3.80. The predicted octanol–water partition coefficient (Wildman–Crippen LogP) is 4.71. The first kappa shape index (κ1) is 24.2. The molecule has 0 fully saturated rings. The van der Waals surface area contributed by atoms with E-state index in [1.165, 1.54) is 29.5 Å². The number of amides is 1. The summed E-state index contributed by atoms with van der Waals surface area (Å²) >= 11 is 1.20. The predicted molar refractivity (Wildman–Crippen MR) is 138 cm³/mol. The van der Waals surface area contributed by atoms with Gasteiger partial charge in [0.15, 0.2) is 5.16 Å². The van der Waals surface area contributed by atoms with Crippen molar-refractivity contribution in [2.75, 3.05) is 18.6 Å². The van der Waals surface area contributed by atoms with Crippen LogP contribution in [0.15, 0.2) is 88.8 Å². The average molecular weight is 488 g/mol. The topological polar surface area (TPSA) is 81.5 Å². The number of thioether (sulfide) groups is 1. The van der Waals surface area contributed by atoms with Gasteiger partial charge in [-0.1, -0.05) is 48.2 Å². The maximum absolute atomic E-state index is 13.6. The molecule has 35 heavy (non-hydrogen) atoms. The van der Waals surface area contributed by atoms with Crippen LogP contribution in [0, 0.1) is 0 Å². The number of para-hydroxylation sites is 2. The first-order valence-electron chi connectivity index (χ1n) is 11.2. The van der Waals surface area contributed by atoms with E-state index in [0.717, 1.165) is 5.69 Å². The maximum Gasteiger partial charge on any atom is 0.337 e. The minimum Gasteiger partial charge on any atom is -0.465 e. The molecule has 7 nitrogen and oxygen atoms in total. The van der Waals surface area contributed by atoms with Crippen molar-refractivity contribution in [1.29, 1.82) is 0 Å². The van der Waals surface area contributed by atoms with Crippen molar-refractivity contribution in [2.24, 2.45) is 0 Å². The Labute approximate surface area is 207 Å². The van der Waals surface area contributed by atoms with Crippen molar-refractivity contribution in [2.45, 2.75) is 24.3 Å². The number of carbonyl (C=O) groups is 2. The number of anilines is 1. The lowest BCUT2D eigenvalue weighted by molar-refractivity contribution is -0.117. The molecule has 1 amide bonds. The van der Waals surface area contributed by atoms with E-state index in [1.54, 1.807) is 24.0 Å². The summed E-state index contributed by atoms with van der Waals surface area (Å²) < 4.78 is 6.32. The largest absolute Gasteiger partial charge is 0.465 e. The Kier molecular flexibility index (Phi) is 7.31. The third kappa shape index (κ3) is 4.97. The summed E-state index contributed by atoms with van der Waals surface area (Å²) in [7, 11) is 1.30. The van der Waals surface area contributed by atoms with Crippen molar-refractivity contribution >= 4 is 40.2 Å². The molecular weight excluding hydrogens is 462 g/mol. The number of carbonyl (C=O) groups excluding carboxylic acids is 2. The number of ether oxygens (including phenoxy) is 1. The van der Waals surface area contributed by atoms with Crippen LogP contribution in [0.25, 0.3) is 16.6 Å². The number of esters is 1. The summed E-state index contributed by atoms with van der Waals surface area (Å²) in [5.41, 5.74) is 1.83. The van der Waals surface area contributed by atoms with E-state index in [2.05, 4.69) is 0 Å². The third-order valence-corrected chi connectivity index (χ3v) is 6.59. The second-order valence-corrected chi connectivity index (χ2v) is 9.08. The van der Waals surface area contributed by atoms with Gasteiger partial charge in [-0.05, 0) is 56.3 Å². The van der Waals surface area contributed by atoms with Gasteiger partial charge in [-0.15, -0.1) is 0 Å². The van der Waals surface area contributed by atoms with Crippen LogP contribution in [-0.2, 0) is 9.53 Å². The standard InChI is InChI=1S/C27H25N3O4S/c1-4-29(20-11-7-5-8-12-20)24(31)18(2)35-27-28-23-17-19(26(33)34-3)15-16-22(23)25(32)30(27)21-13-9-6-10-14-21/h5-18H,4H2,1-3H3. The molecule has 3 aromatic carbocycles. The molecule has 0 N–H and O–H groups in total. The minimum absolute atomic E-state index is 0.0963. The smallest absolute Gasteiger partial charge is 0.337 e. The van der Waals surface area contributed by atoms with Crippen LogP contribution in [0.4, 0.5) is 5.69 Å². The number of methoxy groups -OCH3 is 1. The van der Waals surface area contributed by atoms with Gasteiger partial charge in [0.1, 0.15) is 0 Å². The molecule has 0 aliphatic rings. The Balaban J connectivity index is 1.80. The summed E-state index contributed by atoms with van der Waals surface area (Å²) in [4.78, 5) is 45.4. The van der Waals surface area contributed by atoms with Crippen molar-refractivity contribution in [3.05, 3.63) is 94.8 Å². The van der Waals surface area contributed by atoms with Gasteiger partial charge in [0.05, 0.1) is 34.5 Å². The molecule has 1 unspecified atom stereocenters. The van der Waals surface area contributed by atoms with E-state index in [9.17, 15) is 14.4 Å². The molecule has 1 atom stereocenters. The molecule has 0 aliphatic carbocycles. The lowest BCUT2D eigenvalue weighted by Gasteiger charge is -2.24. The van der Waals surface area contributed by atoms with Gasteiger partial charge in [-0.2, -0.15) is 0 Å². The zero-order valence-electron chi connectivity index (χ0n) is 19.7. The third-order valence-electron chi connectivity index (χ3n) is 5.55. The van der Waals surface area contributed by atoms with Crippen LogP contribution in [-0.4, -0.2) is 40.3 Å². The zero-order valence-corrected chi connectivity index (χ0v) is 20.5. The molecule has 0 saturated carbocycles. The average Bonchev–Trinajstić information content (AvgIpc) is 2.89. The van der Waals surface area contributed by atoms with Crippen molar-refractivity contribution < 1.29 is 14.3 Å². The number of hydrogen-bond acceptors (Lipinski definition) is 6. The number of fused-ring (bicyclic) bond motifs is 1. The Morgan fingerprint density at radius 2 is 1.69 bits per heavy atom. The highest BCUT2D eigenvalue weighted by Gasteiger charge is 2.25. The lowest BCUT2D eigenvalue weighted by atomic mass is 10.1. The second-order valence-electron chi connectivity index (χ2n) is 7.77. The van der Waals surface area contributed by atoms with Crippen LogP contribution < -0.4 is 10.5 Å². The summed E-state index contributed by atoms with van der Waals surface area (Å²) in [5, 5.41) is 0.197. The van der Waals surface area contributed by atoms with Gasteiger partial charge in [0.2, 0.25) is 5.91 Å². The maximum atomic E-state index is 13.6. The normalized spacial score (nSPS) is 11.7. The fraction of sp³-hybridized carbons (Fsp3) is 0.185. The van der Waals surface area contributed by atoms with Gasteiger partial charge >= 0.3 is 5.97 Å². The number of rotatable bonds is 7. The minimum atomic E-state index is -0.529. The summed E-state index contributed by atoms with van der Waals surface area (Å²) in [6, 6.07) is 23.3. The number of benzene rings is 3. The molecule has 0 radical (unpaired) electrons. The van der Waals surface area contributed by atoms with Gasteiger partial charge in [0.25, 0.3) is 5.56 Å². The van der Waals surface area contributed by atoms with Crippen LogP contribution in [0.5, 0.6) is 0 Å². The van der Waals surface area contributed by atoms with E-state index in [0.29, 0.717) is 33.9 Å². The Morgan fingerprint density at radius 1 is 1.03 bits per heavy atom. The molecule has 1 aromatic heterocycles. The van der Waals surface area contributed by atoms with Crippen LogP contribution >= 0.6 is 11.8 Å². The van der Waals surface area contributed by atoms with Gasteiger partial charge in [-0.3, -0.25) is 14.2 Å². The van der Waals surface area contributed by atoms with Crippen LogP contribution in [0.3, 0.4) is 0 Å². The van der Waals surface area contributed by atoms with E-state index >= 15 is 0 Å². The quantitative estimate of drug-likeness (QED) is 0.213. The van der Waals surface area contributed by atoms with Gasteiger partial charge < -0.3 is 9.64 Å². The molecule has 8 heteroatoms. The highest BCUT2D eigenvalue weighted by molar-refractivity contribution is 8.00. The monoisotopic (exact) mass is 487 g/mol. The van der Waals surface area contributed by atoms with Crippen molar-refractivity contribution in [3.8, 4) is 5.69 Å². The first-order valence-corrected chi connectivity index (χ1v) is 12.1. The highest BCUT2D eigenvalue weighted by Crippen LogP contribution is 2.28. The Bertz CT molecular complexity index is 1420. The molecular formula is C27H25N3O4S. The zero-order chi connectivity index (χ0) is 24.9. The van der Waals surface area contributed by atoms with E-state index < -0.39 is 11.2 Å². The molecule has 0 spiro atoms. The first-order chi connectivity index (χ1) is 16.9. The molecule has 4 rings (SSSR count). The molecule has 4 aromatic rings. The highest BCUT2D eigenvalue weighted by atomic mass is 32.2. The van der Waals surface area contributed by atoms with Gasteiger partial charge in [-0.25, -0.2) is 9.78 Å². The fourth-order valence-corrected chi connectivity index (χ4v) is 4.78. The van der Waals surface area contributed by atoms with Crippen molar-refractivity contribution in [1.82, 2.24) is 9.55 Å². The molecule has 0 saturated heterocycles.